The fourth-order valence-corrected chi connectivity index (χ4v) is 4.56. The van der Waals surface area contributed by atoms with Crippen LogP contribution >= 0.6 is 0 Å². The minimum atomic E-state index is 0.216. The van der Waals surface area contributed by atoms with Gasteiger partial charge in [-0.3, -0.25) is 0 Å². The second-order valence-electron chi connectivity index (χ2n) is 7.33. The maximum Gasteiger partial charge on any atom is 0.304 e. The number of hydrogen-bond acceptors (Lipinski definition) is 2. The van der Waals surface area contributed by atoms with Crippen LogP contribution < -0.4 is 4.57 Å². The van der Waals surface area contributed by atoms with E-state index in [0.717, 1.165) is 12.2 Å². The van der Waals surface area contributed by atoms with Crippen molar-refractivity contribution in [2.75, 3.05) is 0 Å². The van der Waals surface area contributed by atoms with Crippen LogP contribution in [0.25, 0.3) is 5.69 Å². The van der Waals surface area contributed by atoms with Crippen LogP contribution in [-0.2, 0) is 17.8 Å². The monoisotopic (exact) mass is 332 g/mol. The topological polar surface area (TPSA) is 30.9 Å². The van der Waals surface area contributed by atoms with Crippen molar-refractivity contribution in [1.29, 1.82) is 0 Å². The molecule has 0 spiro atoms. The second kappa shape index (κ2) is 5.27. The molecule has 126 valence electrons. The smallest absolute Gasteiger partial charge is 0.304 e. The Kier molecular flexibility index (Phi) is 3.13. The third-order valence-electron chi connectivity index (χ3n) is 5.49. The third kappa shape index (κ3) is 2.17. The zero-order valence-corrected chi connectivity index (χ0v) is 14.9. The predicted octanol–water partition coefficient (Wildman–Crippen LogP) is 3.13. The van der Waals surface area contributed by atoms with Crippen molar-refractivity contribution < 1.29 is 9.30 Å². The van der Waals surface area contributed by atoms with E-state index in [-0.39, 0.29) is 12.1 Å². The van der Waals surface area contributed by atoms with Gasteiger partial charge in [-0.15, -0.1) is 0 Å². The summed E-state index contributed by atoms with van der Waals surface area (Å²) in [4.78, 5) is 0. The number of hydrogen-bond donors (Lipinski definition) is 0. The van der Waals surface area contributed by atoms with Crippen LogP contribution in [-0.4, -0.2) is 15.9 Å². The molecule has 2 aromatic carbocycles. The SMILES string of the molecule is Cc1cc(C)c(-n2c[n+]3c(n2)CO[C@H]2Cc4ccccc4C23)c(C)c1. The Labute approximate surface area is 147 Å². The molecule has 2 heterocycles. The molecular formula is C21H22N3O+. The van der Waals surface area contributed by atoms with Crippen molar-refractivity contribution in [3.8, 4) is 5.69 Å². The maximum absolute atomic E-state index is 6.14. The van der Waals surface area contributed by atoms with Crippen molar-refractivity contribution in [3.05, 3.63) is 76.4 Å². The Bertz CT molecular complexity index is 966. The summed E-state index contributed by atoms with van der Waals surface area (Å²) in [7, 11) is 0. The summed E-state index contributed by atoms with van der Waals surface area (Å²) in [6.07, 6.45) is 3.36. The highest BCUT2D eigenvalue weighted by Gasteiger charge is 2.43. The van der Waals surface area contributed by atoms with Gasteiger partial charge in [0.25, 0.3) is 0 Å². The third-order valence-corrected chi connectivity index (χ3v) is 5.49. The average molecular weight is 332 g/mol. The molecule has 3 aromatic rings. The van der Waals surface area contributed by atoms with Gasteiger partial charge in [-0.05, 0) is 43.0 Å². The first kappa shape index (κ1) is 14.8. The number of rotatable bonds is 1. The molecular weight excluding hydrogens is 310 g/mol. The Hall–Kier alpha value is -2.46. The molecule has 4 heteroatoms. The van der Waals surface area contributed by atoms with E-state index in [0.29, 0.717) is 6.61 Å². The minimum absolute atomic E-state index is 0.216. The van der Waals surface area contributed by atoms with Crippen molar-refractivity contribution in [2.24, 2.45) is 0 Å². The molecule has 1 aromatic heterocycles. The summed E-state index contributed by atoms with van der Waals surface area (Å²) in [6.45, 7) is 7.03. The molecule has 0 N–H and O–H groups in total. The summed E-state index contributed by atoms with van der Waals surface area (Å²) in [5, 5.41) is 4.86. The Morgan fingerprint density at radius 2 is 1.88 bits per heavy atom. The minimum Gasteiger partial charge on any atom is -0.363 e. The number of ether oxygens (including phenoxy) is 1. The van der Waals surface area contributed by atoms with Gasteiger partial charge in [0, 0.05) is 11.5 Å². The van der Waals surface area contributed by atoms with E-state index >= 15 is 0 Å². The van der Waals surface area contributed by atoms with Gasteiger partial charge in [0.1, 0.15) is 24.4 Å². The highest BCUT2D eigenvalue weighted by molar-refractivity contribution is 5.48. The lowest BCUT2D eigenvalue weighted by molar-refractivity contribution is -0.739. The van der Waals surface area contributed by atoms with Crippen LogP contribution in [0.15, 0.2) is 42.7 Å². The molecule has 4 nitrogen and oxygen atoms in total. The van der Waals surface area contributed by atoms with E-state index in [2.05, 4.69) is 68.1 Å². The van der Waals surface area contributed by atoms with Crippen LogP contribution in [0.1, 0.15) is 39.7 Å². The molecule has 0 amide bonds. The van der Waals surface area contributed by atoms with Crippen molar-refractivity contribution >= 4 is 0 Å². The standard InChI is InChI=1S/C21H22N3O/c1-13-8-14(2)20(15(3)9-13)24-12-23-19(22-24)11-25-18-10-16-6-4-5-7-17(16)21(18)23/h4-9,12,18,21H,10-11H2,1-3H3/q+1/t18-,21?/m0/s1. The summed E-state index contributed by atoms with van der Waals surface area (Å²) in [6, 6.07) is 13.4. The van der Waals surface area contributed by atoms with Crippen LogP contribution in [0.2, 0.25) is 0 Å². The van der Waals surface area contributed by atoms with Gasteiger partial charge in [0.2, 0.25) is 6.33 Å². The maximum atomic E-state index is 6.14. The fraction of sp³-hybridized carbons (Fsp3) is 0.333. The average Bonchev–Trinajstić information content (AvgIpc) is 3.13. The summed E-state index contributed by atoms with van der Waals surface area (Å²) in [5.74, 6) is 0.998. The van der Waals surface area contributed by atoms with E-state index in [1.165, 1.54) is 33.5 Å². The van der Waals surface area contributed by atoms with Gasteiger partial charge in [0.05, 0.1) is 0 Å². The molecule has 0 radical (unpaired) electrons. The van der Waals surface area contributed by atoms with Gasteiger partial charge >= 0.3 is 5.82 Å². The van der Waals surface area contributed by atoms with Crippen molar-refractivity contribution in [1.82, 2.24) is 9.78 Å². The van der Waals surface area contributed by atoms with E-state index < -0.39 is 0 Å². The Morgan fingerprint density at radius 1 is 1.12 bits per heavy atom. The molecule has 25 heavy (non-hydrogen) atoms. The highest BCUT2D eigenvalue weighted by atomic mass is 16.5. The molecule has 2 atom stereocenters. The van der Waals surface area contributed by atoms with Crippen LogP contribution in [0.4, 0.5) is 0 Å². The fourth-order valence-electron chi connectivity index (χ4n) is 4.56. The van der Waals surface area contributed by atoms with E-state index in [9.17, 15) is 0 Å². The van der Waals surface area contributed by atoms with Crippen LogP contribution in [0, 0.1) is 20.8 Å². The lowest BCUT2D eigenvalue weighted by Crippen LogP contribution is -2.51. The number of benzene rings is 2. The van der Waals surface area contributed by atoms with Crippen molar-refractivity contribution in [2.45, 2.75) is 45.9 Å². The normalized spacial score (nSPS) is 20.9. The second-order valence-corrected chi connectivity index (χ2v) is 7.33. The Balaban J connectivity index is 1.65. The van der Waals surface area contributed by atoms with Crippen LogP contribution in [0.5, 0.6) is 0 Å². The zero-order valence-electron chi connectivity index (χ0n) is 14.9. The zero-order chi connectivity index (χ0) is 17.1. The largest absolute Gasteiger partial charge is 0.363 e. The Morgan fingerprint density at radius 3 is 2.68 bits per heavy atom. The number of nitrogens with zero attached hydrogens (tertiary/aromatic N) is 3. The quantitative estimate of drug-likeness (QED) is 0.641. The molecule has 2 aliphatic rings. The first-order valence-electron chi connectivity index (χ1n) is 8.89. The van der Waals surface area contributed by atoms with Crippen LogP contribution in [0.3, 0.4) is 0 Å². The van der Waals surface area contributed by atoms with Gasteiger partial charge in [-0.1, -0.05) is 46.6 Å². The van der Waals surface area contributed by atoms with Gasteiger partial charge in [0.15, 0.2) is 0 Å². The van der Waals surface area contributed by atoms with E-state index in [1.54, 1.807) is 0 Å². The van der Waals surface area contributed by atoms with Gasteiger partial charge in [-0.2, -0.15) is 0 Å². The predicted molar refractivity (Wildman–Crippen MR) is 94.8 cm³/mol. The van der Waals surface area contributed by atoms with Gasteiger partial charge < -0.3 is 4.74 Å². The lowest BCUT2D eigenvalue weighted by atomic mass is 10.1. The highest BCUT2D eigenvalue weighted by Crippen LogP contribution is 2.35. The molecule has 0 saturated carbocycles. The molecule has 0 saturated heterocycles. The summed E-state index contributed by atoms with van der Waals surface area (Å²) >= 11 is 0. The number of aryl methyl sites for hydroxylation is 3. The molecule has 1 aliphatic heterocycles. The summed E-state index contributed by atoms with van der Waals surface area (Å²) < 4.78 is 10.5. The number of aromatic nitrogens is 3. The first-order valence-corrected chi connectivity index (χ1v) is 8.89. The van der Waals surface area contributed by atoms with Gasteiger partial charge in [-0.25, -0.2) is 4.57 Å². The van der Waals surface area contributed by atoms with E-state index in [4.69, 9.17) is 9.84 Å². The van der Waals surface area contributed by atoms with Crippen molar-refractivity contribution in [3.63, 3.8) is 0 Å². The molecule has 5 rings (SSSR count). The lowest BCUT2D eigenvalue weighted by Gasteiger charge is -2.23. The van der Waals surface area contributed by atoms with E-state index in [1.807, 2.05) is 4.68 Å². The first-order chi connectivity index (χ1) is 12.1. The molecule has 1 unspecified atom stereocenters. The molecule has 0 fully saturated rings. The summed E-state index contributed by atoms with van der Waals surface area (Å²) in [5.41, 5.74) is 7.74. The molecule has 0 bridgehead atoms. The number of fused-ring (bicyclic) bond motifs is 5. The molecule has 1 aliphatic carbocycles.